The zero-order valence-electron chi connectivity index (χ0n) is 15.8. The third kappa shape index (κ3) is 4.64. The van der Waals surface area contributed by atoms with E-state index in [-0.39, 0.29) is 10.8 Å². The van der Waals surface area contributed by atoms with E-state index in [0.29, 0.717) is 16.3 Å². The second kappa shape index (κ2) is 8.76. The van der Waals surface area contributed by atoms with Crippen LogP contribution in [0.15, 0.2) is 47.4 Å². The van der Waals surface area contributed by atoms with E-state index in [1.54, 1.807) is 19.9 Å². The third-order valence-corrected chi connectivity index (χ3v) is 8.04. The molecule has 2 aromatic carbocycles. The number of sulfone groups is 1. The molecule has 3 rings (SSSR count). The van der Waals surface area contributed by atoms with Crippen LogP contribution < -0.4 is 10.2 Å². The zero-order chi connectivity index (χ0) is 20.3. The van der Waals surface area contributed by atoms with Crippen molar-refractivity contribution in [3.05, 3.63) is 53.1 Å². The van der Waals surface area contributed by atoms with Crippen molar-refractivity contribution in [2.24, 2.45) is 0 Å². The third-order valence-electron chi connectivity index (χ3n) is 4.62. The van der Waals surface area contributed by atoms with Gasteiger partial charge in [0.25, 0.3) is 5.91 Å². The summed E-state index contributed by atoms with van der Waals surface area (Å²) in [5.74, 6) is 1.85. The highest BCUT2D eigenvalue weighted by molar-refractivity contribution is 7.99. The van der Waals surface area contributed by atoms with E-state index in [0.717, 1.165) is 30.3 Å². The second-order valence-electron chi connectivity index (χ2n) is 6.84. The van der Waals surface area contributed by atoms with Gasteiger partial charge in [0, 0.05) is 35.8 Å². The van der Waals surface area contributed by atoms with E-state index in [9.17, 15) is 13.2 Å². The molecule has 1 heterocycles. The Hall–Kier alpha value is -1.70. The van der Waals surface area contributed by atoms with Gasteiger partial charge in [0.2, 0.25) is 0 Å². The molecule has 0 unspecified atom stereocenters. The van der Waals surface area contributed by atoms with Crippen LogP contribution in [-0.4, -0.2) is 44.2 Å². The predicted molar refractivity (Wildman–Crippen MR) is 118 cm³/mol. The molecule has 0 bridgehead atoms. The number of anilines is 2. The number of carbonyl (C=O) groups excluding carboxylic acids is 1. The molecule has 5 nitrogen and oxygen atoms in total. The molecule has 0 saturated carbocycles. The number of hydrogen-bond donors (Lipinski definition) is 1. The summed E-state index contributed by atoms with van der Waals surface area (Å²) in [5.41, 5.74) is 1.96. The van der Waals surface area contributed by atoms with Crippen LogP contribution in [0.1, 0.15) is 24.2 Å². The molecule has 1 aliphatic rings. The van der Waals surface area contributed by atoms with Gasteiger partial charge in [0.1, 0.15) is 0 Å². The first-order chi connectivity index (χ1) is 13.3. The monoisotopic (exact) mass is 438 g/mol. The average Bonchev–Trinajstić information content (AvgIpc) is 2.68. The standard InChI is InChI=1S/C20H23ClN2O3S2/c1-14(2)28(25,26)17-6-3-15(4-7-17)20(24)22-16-5-8-19(18(21)13-16)23-9-11-27-12-10-23/h3-8,13-14H,9-12H2,1-2H3,(H,22,24). The normalized spacial score (nSPS) is 14.9. The fourth-order valence-electron chi connectivity index (χ4n) is 2.92. The summed E-state index contributed by atoms with van der Waals surface area (Å²) < 4.78 is 24.4. The van der Waals surface area contributed by atoms with Crippen molar-refractivity contribution in [2.45, 2.75) is 24.0 Å². The van der Waals surface area contributed by atoms with Crippen LogP contribution >= 0.6 is 23.4 Å². The Kier molecular flexibility index (Phi) is 6.58. The van der Waals surface area contributed by atoms with Crippen molar-refractivity contribution in [3.8, 4) is 0 Å². The summed E-state index contributed by atoms with van der Waals surface area (Å²) in [7, 11) is -3.35. The van der Waals surface area contributed by atoms with Gasteiger partial charge in [-0.2, -0.15) is 11.8 Å². The van der Waals surface area contributed by atoms with Crippen LogP contribution in [-0.2, 0) is 9.84 Å². The lowest BCUT2D eigenvalue weighted by molar-refractivity contribution is 0.102. The van der Waals surface area contributed by atoms with Gasteiger partial charge in [0.15, 0.2) is 9.84 Å². The largest absolute Gasteiger partial charge is 0.369 e. The van der Waals surface area contributed by atoms with E-state index in [1.807, 2.05) is 23.9 Å². The van der Waals surface area contributed by atoms with E-state index in [4.69, 9.17) is 11.6 Å². The van der Waals surface area contributed by atoms with Crippen molar-refractivity contribution in [3.63, 3.8) is 0 Å². The van der Waals surface area contributed by atoms with Crippen molar-refractivity contribution in [1.82, 2.24) is 0 Å². The molecule has 8 heteroatoms. The van der Waals surface area contributed by atoms with E-state index >= 15 is 0 Å². The maximum Gasteiger partial charge on any atom is 0.255 e. The van der Waals surface area contributed by atoms with Crippen molar-refractivity contribution in [1.29, 1.82) is 0 Å². The van der Waals surface area contributed by atoms with Gasteiger partial charge in [-0.3, -0.25) is 4.79 Å². The lowest BCUT2D eigenvalue weighted by atomic mass is 10.2. The van der Waals surface area contributed by atoms with Gasteiger partial charge in [-0.25, -0.2) is 8.42 Å². The molecule has 1 fully saturated rings. The SMILES string of the molecule is CC(C)S(=O)(=O)c1ccc(C(=O)Nc2ccc(N3CCSCC3)c(Cl)c2)cc1. The maximum absolute atomic E-state index is 12.5. The quantitative estimate of drug-likeness (QED) is 0.752. The summed E-state index contributed by atoms with van der Waals surface area (Å²) in [6, 6.07) is 11.5. The average molecular weight is 439 g/mol. The maximum atomic E-state index is 12.5. The molecule has 1 amide bonds. The molecule has 150 valence electrons. The van der Waals surface area contributed by atoms with E-state index in [2.05, 4.69) is 10.2 Å². The molecule has 0 atom stereocenters. The number of halogens is 1. The van der Waals surface area contributed by atoms with Gasteiger partial charge in [-0.05, 0) is 56.3 Å². The molecular formula is C20H23ClN2O3S2. The molecule has 0 radical (unpaired) electrons. The smallest absolute Gasteiger partial charge is 0.255 e. The summed E-state index contributed by atoms with van der Waals surface area (Å²) in [4.78, 5) is 15.0. The van der Waals surface area contributed by atoms with Gasteiger partial charge in [-0.1, -0.05) is 11.6 Å². The van der Waals surface area contributed by atoms with Crippen LogP contribution in [0.5, 0.6) is 0 Å². The Morgan fingerprint density at radius 1 is 1.11 bits per heavy atom. The number of nitrogens with one attached hydrogen (secondary N) is 1. The molecule has 1 aliphatic heterocycles. The topological polar surface area (TPSA) is 66.5 Å². The number of nitrogens with zero attached hydrogens (tertiary/aromatic N) is 1. The molecule has 2 aromatic rings. The van der Waals surface area contributed by atoms with Crippen LogP contribution in [0.4, 0.5) is 11.4 Å². The molecule has 0 spiro atoms. The minimum Gasteiger partial charge on any atom is -0.369 e. The predicted octanol–water partition coefficient (Wildman–Crippen LogP) is 4.33. The number of thioether (sulfide) groups is 1. The van der Waals surface area contributed by atoms with Crippen LogP contribution in [0.2, 0.25) is 5.02 Å². The van der Waals surface area contributed by atoms with Crippen molar-refractivity contribution < 1.29 is 13.2 Å². The van der Waals surface area contributed by atoms with Crippen molar-refractivity contribution >= 4 is 50.5 Å². The van der Waals surface area contributed by atoms with Crippen LogP contribution in [0, 0.1) is 0 Å². The van der Waals surface area contributed by atoms with Gasteiger partial charge < -0.3 is 10.2 Å². The number of benzene rings is 2. The molecular weight excluding hydrogens is 416 g/mol. The Bertz CT molecular complexity index is 954. The number of rotatable bonds is 5. The summed E-state index contributed by atoms with van der Waals surface area (Å²) in [6.07, 6.45) is 0. The molecule has 1 N–H and O–H groups in total. The minimum absolute atomic E-state index is 0.214. The highest BCUT2D eigenvalue weighted by atomic mass is 35.5. The highest BCUT2D eigenvalue weighted by Crippen LogP contribution is 2.30. The van der Waals surface area contributed by atoms with Crippen molar-refractivity contribution in [2.75, 3.05) is 34.8 Å². The number of carbonyl (C=O) groups is 1. The number of amides is 1. The molecule has 28 heavy (non-hydrogen) atoms. The van der Waals surface area contributed by atoms with Crippen LogP contribution in [0.3, 0.4) is 0 Å². The fourth-order valence-corrected chi connectivity index (χ4v) is 5.18. The molecule has 1 saturated heterocycles. The summed E-state index contributed by atoms with van der Waals surface area (Å²) in [6.45, 7) is 5.18. The Labute approximate surface area is 175 Å². The summed E-state index contributed by atoms with van der Waals surface area (Å²) >= 11 is 8.36. The van der Waals surface area contributed by atoms with E-state index in [1.165, 1.54) is 24.3 Å². The molecule has 0 aliphatic carbocycles. The second-order valence-corrected chi connectivity index (χ2v) is 11.0. The van der Waals surface area contributed by atoms with Gasteiger partial charge >= 0.3 is 0 Å². The first-order valence-corrected chi connectivity index (χ1v) is 12.1. The lowest BCUT2D eigenvalue weighted by Gasteiger charge is -2.29. The fraction of sp³-hybridized carbons (Fsp3) is 0.350. The number of hydrogen-bond acceptors (Lipinski definition) is 5. The van der Waals surface area contributed by atoms with Crippen LogP contribution in [0.25, 0.3) is 0 Å². The van der Waals surface area contributed by atoms with E-state index < -0.39 is 15.1 Å². The summed E-state index contributed by atoms with van der Waals surface area (Å²) in [5, 5.41) is 2.91. The Morgan fingerprint density at radius 3 is 2.32 bits per heavy atom. The minimum atomic E-state index is -3.35. The van der Waals surface area contributed by atoms with Gasteiger partial charge in [0.05, 0.1) is 20.9 Å². The first-order valence-electron chi connectivity index (χ1n) is 9.06. The lowest BCUT2D eigenvalue weighted by Crippen LogP contribution is -2.32. The first kappa shape index (κ1) is 21.0. The Morgan fingerprint density at radius 2 is 1.75 bits per heavy atom. The zero-order valence-corrected chi connectivity index (χ0v) is 18.2. The van der Waals surface area contributed by atoms with Gasteiger partial charge in [-0.15, -0.1) is 0 Å². The highest BCUT2D eigenvalue weighted by Gasteiger charge is 2.19. The Balaban J connectivity index is 1.71. The molecule has 0 aromatic heterocycles.